The van der Waals surface area contributed by atoms with Crippen LogP contribution in [0, 0.1) is 5.92 Å². The molecule has 0 spiro atoms. The van der Waals surface area contributed by atoms with Gasteiger partial charge in [-0.2, -0.15) is 0 Å². The second-order valence-electron chi connectivity index (χ2n) is 6.88. The summed E-state index contributed by atoms with van der Waals surface area (Å²) in [4.78, 5) is 19.1. The fraction of sp³-hybridized carbons (Fsp3) is 0.765. The number of aromatic nitrogens is 2. The van der Waals surface area contributed by atoms with Crippen LogP contribution in [0.2, 0.25) is 0 Å². The summed E-state index contributed by atoms with van der Waals surface area (Å²) in [6.07, 6.45) is 10.6. The summed E-state index contributed by atoms with van der Waals surface area (Å²) in [5.74, 6) is 0.492. The molecule has 1 aromatic rings. The van der Waals surface area contributed by atoms with E-state index in [1.807, 2.05) is 17.1 Å². The van der Waals surface area contributed by atoms with Crippen molar-refractivity contribution in [1.29, 1.82) is 0 Å². The van der Waals surface area contributed by atoms with E-state index in [9.17, 15) is 4.79 Å². The van der Waals surface area contributed by atoms with E-state index < -0.39 is 0 Å². The van der Waals surface area contributed by atoms with Gasteiger partial charge in [0.05, 0.1) is 19.5 Å². The molecule has 2 unspecified atom stereocenters. The highest BCUT2D eigenvalue weighted by atomic mass is 16.5. The summed E-state index contributed by atoms with van der Waals surface area (Å²) >= 11 is 0. The first-order chi connectivity index (χ1) is 11.2. The maximum Gasteiger partial charge on any atom is 0.239 e. The Kier molecular flexibility index (Phi) is 5.67. The van der Waals surface area contributed by atoms with Gasteiger partial charge >= 0.3 is 0 Å². The van der Waals surface area contributed by atoms with E-state index in [-0.39, 0.29) is 11.9 Å². The van der Waals surface area contributed by atoms with E-state index in [1.165, 1.54) is 25.7 Å². The average molecular weight is 320 g/mol. The van der Waals surface area contributed by atoms with Crippen LogP contribution < -0.4 is 5.32 Å². The lowest BCUT2D eigenvalue weighted by atomic mass is 10.1. The molecule has 3 rings (SSSR count). The minimum atomic E-state index is -0.118. The Balaban J connectivity index is 1.49. The fourth-order valence-corrected chi connectivity index (χ4v) is 3.73. The van der Waals surface area contributed by atoms with Crippen molar-refractivity contribution in [1.82, 2.24) is 19.8 Å². The zero-order chi connectivity index (χ0) is 16.1. The SMILES string of the molecule is CC(CNC(=O)C1COCCN1C1CCCC1)Cn1ccnc1. The van der Waals surface area contributed by atoms with Crippen LogP contribution in [0.4, 0.5) is 0 Å². The largest absolute Gasteiger partial charge is 0.378 e. The van der Waals surface area contributed by atoms with Gasteiger partial charge in [0.2, 0.25) is 5.91 Å². The summed E-state index contributed by atoms with van der Waals surface area (Å²) in [7, 11) is 0. The number of carbonyl (C=O) groups is 1. The standard InChI is InChI=1S/C17H28N4O2/c1-14(11-20-7-6-18-13-20)10-19-17(22)16-12-23-9-8-21(16)15-4-2-3-5-15/h6-7,13-16H,2-5,8-12H2,1H3,(H,19,22). The van der Waals surface area contributed by atoms with Crippen molar-refractivity contribution < 1.29 is 9.53 Å². The molecule has 6 nitrogen and oxygen atoms in total. The smallest absolute Gasteiger partial charge is 0.239 e. The van der Waals surface area contributed by atoms with Crippen molar-refractivity contribution in [3.8, 4) is 0 Å². The molecule has 1 saturated carbocycles. The van der Waals surface area contributed by atoms with E-state index in [1.54, 1.807) is 6.20 Å². The van der Waals surface area contributed by atoms with Crippen LogP contribution in [0.1, 0.15) is 32.6 Å². The van der Waals surface area contributed by atoms with E-state index in [2.05, 4.69) is 22.1 Å². The third-order valence-electron chi connectivity index (χ3n) is 4.97. The van der Waals surface area contributed by atoms with Crippen molar-refractivity contribution in [2.45, 2.75) is 51.2 Å². The normalized spacial score (nSPS) is 24.7. The van der Waals surface area contributed by atoms with Gasteiger partial charge in [0, 0.05) is 38.1 Å². The quantitative estimate of drug-likeness (QED) is 0.858. The van der Waals surface area contributed by atoms with Crippen LogP contribution in [0.3, 0.4) is 0 Å². The molecule has 0 aromatic carbocycles. The van der Waals surface area contributed by atoms with Gasteiger partial charge in [0.15, 0.2) is 0 Å². The first-order valence-electron chi connectivity index (χ1n) is 8.81. The monoisotopic (exact) mass is 320 g/mol. The first-order valence-corrected chi connectivity index (χ1v) is 8.81. The molecule has 128 valence electrons. The molecule has 0 radical (unpaired) electrons. The van der Waals surface area contributed by atoms with Gasteiger partial charge in [-0.05, 0) is 18.8 Å². The molecule has 23 heavy (non-hydrogen) atoms. The highest BCUT2D eigenvalue weighted by Crippen LogP contribution is 2.26. The Hall–Kier alpha value is -1.40. The summed E-state index contributed by atoms with van der Waals surface area (Å²) in [6.45, 7) is 5.86. The molecular formula is C17H28N4O2. The third kappa shape index (κ3) is 4.32. The van der Waals surface area contributed by atoms with E-state index in [4.69, 9.17) is 4.74 Å². The second kappa shape index (κ2) is 7.93. The van der Waals surface area contributed by atoms with Crippen LogP contribution in [-0.2, 0) is 16.1 Å². The molecule has 1 saturated heterocycles. The van der Waals surface area contributed by atoms with E-state index in [0.29, 0.717) is 25.1 Å². The van der Waals surface area contributed by atoms with Crippen molar-refractivity contribution in [3.05, 3.63) is 18.7 Å². The highest BCUT2D eigenvalue weighted by molar-refractivity contribution is 5.82. The third-order valence-corrected chi connectivity index (χ3v) is 4.97. The van der Waals surface area contributed by atoms with Gasteiger partial charge in [0.25, 0.3) is 0 Å². The molecule has 2 fully saturated rings. The molecule has 1 aromatic heterocycles. The summed E-state index contributed by atoms with van der Waals surface area (Å²) in [5, 5.41) is 3.12. The minimum Gasteiger partial charge on any atom is -0.378 e. The summed E-state index contributed by atoms with van der Waals surface area (Å²) < 4.78 is 7.62. The van der Waals surface area contributed by atoms with Gasteiger partial charge in [-0.25, -0.2) is 4.98 Å². The number of ether oxygens (including phenoxy) is 1. The maximum atomic E-state index is 12.6. The molecule has 2 atom stereocenters. The molecule has 2 aliphatic rings. The molecule has 2 heterocycles. The number of nitrogens with zero attached hydrogens (tertiary/aromatic N) is 3. The Labute approximate surface area is 138 Å². The first kappa shape index (κ1) is 16.5. The number of hydrogen-bond donors (Lipinski definition) is 1. The van der Waals surface area contributed by atoms with Crippen LogP contribution in [-0.4, -0.2) is 58.7 Å². The van der Waals surface area contributed by atoms with Crippen LogP contribution in [0.15, 0.2) is 18.7 Å². The molecular weight excluding hydrogens is 292 g/mol. The summed E-state index contributed by atoms with van der Waals surface area (Å²) in [5.41, 5.74) is 0. The Bertz CT molecular complexity index is 485. The minimum absolute atomic E-state index is 0.118. The number of imidazole rings is 1. The number of rotatable bonds is 6. The van der Waals surface area contributed by atoms with Crippen molar-refractivity contribution in [2.75, 3.05) is 26.3 Å². The Morgan fingerprint density at radius 2 is 2.26 bits per heavy atom. The number of nitrogens with one attached hydrogen (secondary N) is 1. The second-order valence-corrected chi connectivity index (χ2v) is 6.88. The number of carbonyl (C=O) groups excluding carboxylic acids is 1. The van der Waals surface area contributed by atoms with E-state index in [0.717, 1.165) is 19.7 Å². The fourth-order valence-electron chi connectivity index (χ4n) is 3.73. The van der Waals surface area contributed by atoms with Crippen LogP contribution >= 0.6 is 0 Å². The molecule has 1 aliphatic heterocycles. The van der Waals surface area contributed by atoms with Crippen molar-refractivity contribution >= 4 is 5.91 Å². The number of morpholine rings is 1. The van der Waals surface area contributed by atoms with E-state index >= 15 is 0 Å². The van der Waals surface area contributed by atoms with Gasteiger partial charge in [-0.3, -0.25) is 9.69 Å². The van der Waals surface area contributed by atoms with Crippen LogP contribution in [0.5, 0.6) is 0 Å². The van der Waals surface area contributed by atoms with Crippen molar-refractivity contribution in [3.63, 3.8) is 0 Å². The lowest BCUT2D eigenvalue weighted by molar-refractivity contribution is -0.134. The maximum absolute atomic E-state index is 12.6. The molecule has 1 amide bonds. The average Bonchev–Trinajstić information content (AvgIpc) is 3.26. The Morgan fingerprint density at radius 3 is 3.00 bits per heavy atom. The number of amides is 1. The van der Waals surface area contributed by atoms with Gasteiger partial charge in [-0.1, -0.05) is 19.8 Å². The lowest BCUT2D eigenvalue weighted by Crippen LogP contribution is -2.57. The van der Waals surface area contributed by atoms with Gasteiger partial charge in [-0.15, -0.1) is 0 Å². The van der Waals surface area contributed by atoms with Crippen molar-refractivity contribution in [2.24, 2.45) is 5.92 Å². The molecule has 6 heteroatoms. The van der Waals surface area contributed by atoms with Crippen LogP contribution in [0.25, 0.3) is 0 Å². The highest BCUT2D eigenvalue weighted by Gasteiger charge is 2.35. The van der Waals surface area contributed by atoms with Gasteiger partial charge in [0.1, 0.15) is 6.04 Å². The zero-order valence-corrected chi connectivity index (χ0v) is 14.0. The summed E-state index contributed by atoms with van der Waals surface area (Å²) in [6, 6.07) is 0.449. The molecule has 0 bridgehead atoms. The Morgan fingerprint density at radius 1 is 1.43 bits per heavy atom. The number of hydrogen-bond acceptors (Lipinski definition) is 4. The lowest BCUT2D eigenvalue weighted by Gasteiger charge is -2.38. The predicted molar refractivity (Wildman–Crippen MR) is 88.0 cm³/mol. The zero-order valence-electron chi connectivity index (χ0n) is 14.0. The molecule has 1 aliphatic carbocycles. The van der Waals surface area contributed by atoms with Gasteiger partial charge < -0.3 is 14.6 Å². The molecule has 1 N–H and O–H groups in total. The predicted octanol–water partition coefficient (Wildman–Crippen LogP) is 1.28. The topological polar surface area (TPSA) is 59.4 Å².